The first-order valence-corrected chi connectivity index (χ1v) is 6.68. The molecule has 1 fully saturated rings. The standard InChI is InChI=1S/C13H16N6O/c20-13(10-5-7-14-8-6-10)16-11-3-1-2-4-12(11)19-9-15-17-18-19/h1-4,9-10,14H,5-8H2,(H,16,20). The summed E-state index contributed by atoms with van der Waals surface area (Å²) in [6.07, 6.45) is 3.26. The molecular weight excluding hydrogens is 256 g/mol. The summed E-state index contributed by atoms with van der Waals surface area (Å²) in [5, 5.41) is 17.3. The van der Waals surface area contributed by atoms with Gasteiger partial charge in [-0.15, -0.1) is 5.10 Å². The summed E-state index contributed by atoms with van der Waals surface area (Å²) in [5.74, 6) is 0.130. The average Bonchev–Trinajstić information content (AvgIpc) is 3.03. The molecule has 2 aromatic rings. The van der Waals surface area contributed by atoms with Crippen molar-refractivity contribution in [3.63, 3.8) is 0 Å². The van der Waals surface area contributed by atoms with Crippen molar-refractivity contribution >= 4 is 11.6 Å². The van der Waals surface area contributed by atoms with E-state index < -0.39 is 0 Å². The molecule has 104 valence electrons. The Kier molecular flexibility index (Phi) is 3.69. The normalized spacial score (nSPS) is 16.0. The Labute approximate surface area is 116 Å². The van der Waals surface area contributed by atoms with Crippen molar-refractivity contribution in [3.05, 3.63) is 30.6 Å². The van der Waals surface area contributed by atoms with Crippen molar-refractivity contribution < 1.29 is 4.79 Å². The molecule has 2 N–H and O–H groups in total. The number of amides is 1. The van der Waals surface area contributed by atoms with Gasteiger partial charge in [-0.05, 0) is 48.5 Å². The quantitative estimate of drug-likeness (QED) is 0.854. The molecule has 1 aromatic carbocycles. The van der Waals surface area contributed by atoms with Crippen LogP contribution in [0.5, 0.6) is 0 Å². The first kappa shape index (κ1) is 12.7. The van der Waals surface area contributed by atoms with Crippen LogP contribution >= 0.6 is 0 Å². The number of tetrazole rings is 1. The summed E-state index contributed by atoms with van der Waals surface area (Å²) < 4.78 is 1.54. The lowest BCUT2D eigenvalue weighted by Gasteiger charge is -2.22. The molecule has 0 radical (unpaired) electrons. The van der Waals surface area contributed by atoms with Gasteiger partial charge >= 0.3 is 0 Å². The summed E-state index contributed by atoms with van der Waals surface area (Å²) in [5.41, 5.74) is 1.49. The van der Waals surface area contributed by atoms with Crippen molar-refractivity contribution in [3.8, 4) is 5.69 Å². The van der Waals surface area contributed by atoms with Crippen LogP contribution < -0.4 is 10.6 Å². The van der Waals surface area contributed by atoms with Gasteiger partial charge in [0.2, 0.25) is 5.91 Å². The second-order valence-corrected chi connectivity index (χ2v) is 4.79. The molecule has 0 unspecified atom stereocenters. The Morgan fingerprint density at radius 2 is 2.10 bits per heavy atom. The Hall–Kier alpha value is -2.28. The minimum absolute atomic E-state index is 0.0621. The van der Waals surface area contributed by atoms with Gasteiger partial charge in [0, 0.05) is 5.92 Å². The lowest BCUT2D eigenvalue weighted by atomic mass is 9.97. The van der Waals surface area contributed by atoms with Gasteiger partial charge in [0.25, 0.3) is 0 Å². The van der Waals surface area contributed by atoms with E-state index in [2.05, 4.69) is 26.2 Å². The summed E-state index contributed by atoms with van der Waals surface area (Å²) >= 11 is 0. The average molecular weight is 272 g/mol. The van der Waals surface area contributed by atoms with Gasteiger partial charge in [-0.3, -0.25) is 4.79 Å². The van der Waals surface area contributed by atoms with E-state index in [9.17, 15) is 4.79 Å². The highest BCUT2D eigenvalue weighted by Crippen LogP contribution is 2.21. The maximum Gasteiger partial charge on any atom is 0.227 e. The number of para-hydroxylation sites is 2. The van der Waals surface area contributed by atoms with E-state index in [0.29, 0.717) is 0 Å². The highest BCUT2D eigenvalue weighted by Gasteiger charge is 2.21. The van der Waals surface area contributed by atoms with Gasteiger partial charge in [-0.1, -0.05) is 12.1 Å². The second-order valence-electron chi connectivity index (χ2n) is 4.79. The van der Waals surface area contributed by atoms with Crippen molar-refractivity contribution in [1.29, 1.82) is 0 Å². The van der Waals surface area contributed by atoms with E-state index >= 15 is 0 Å². The van der Waals surface area contributed by atoms with Crippen LogP contribution in [0.15, 0.2) is 30.6 Å². The third-order valence-corrected chi connectivity index (χ3v) is 3.47. The molecule has 1 amide bonds. The molecule has 0 bridgehead atoms. The number of aromatic nitrogens is 4. The summed E-state index contributed by atoms with van der Waals surface area (Å²) in [6.45, 7) is 1.79. The van der Waals surface area contributed by atoms with E-state index in [4.69, 9.17) is 0 Å². The number of hydrogen-bond acceptors (Lipinski definition) is 5. The first-order valence-electron chi connectivity index (χ1n) is 6.68. The smallest absolute Gasteiger partial charge is 0.227 e. The molecule has 1 aliphatic heterocycles. The van der Waals surface area contributed by atoms with Crippen LogP contribution in [0.25, 0.3) is 5.69 Å². The molecule has 20 heavy (non-hydrogen) atoms. The molecule has 3 rings (SSSR count). The van der Waals surface area contributed by atoms with Crippen LogP contribution in [0.2, 0.25) is 0 Å². The molecule has 1 aliphatic rings. The highest BCUT2D eigenvalue weighted by molar-refractivity contribution is 5.94. The van der Waals surface area contributed by atoms with Crippen LogP contribution in [0.4, 0.5) is 5.69 Å². The van der Waals surface area contributed by atoms with Gasteiger partial charge < -0.3 is 10.6 Å². The van der Waals surface area contributed by atoms with Crippen LogP contribution in [0, 0.1) is 5.92 Å². The molecule has 0 atom stereocenters. The fourth-order valence-corrected chi connectivity index (χ4v) is 2.37. The Morgan fingerprint density at radius 3 is 2.85 bits per heavy atom. The molecule has 1 aromatic heterocycles. The maximum absolute atomic E-state index is 12.3. The molecular formula is C13H16N6O. The summed E-state index contributed by atoms with van der Waals surface area (Å²) in [6, 6.07) is 7.49. The monoisotopic (exact) mass is 272 g/mol. The van der Waals surface area contributed by atoms with Gasteiger partial charge in [0.15, 0.2) is 0 Å². The number of rotatable bonds is 3. The molecule has 1 saturated heterocycles. The largest absolute Gasteiger partial charge is 0.324 e. The van der Waals surface area contributed by atoms with Crippen molar-refractivity contribution in [2.75, 3.05) is 18.4 Å². The number of nitrogens with zero attached hydrogens (tertiary/aromatic N) is 4. The number of anilines is 1. The van der Waals surface area contributed by atoms with E-state index in [1.165, 1.54) is 11.0 Å². The first-order chi connectivity index (χ1) is 9.84. The predicted octanol–water partition coefficient (Wildman–Crippen LogP) is 0.600. The van der Waals surface area contributed by atoms with Gasteiger partial charge in [-0.25, -0.2) is 0 Å². The molecule has 7 nitrogen and oxygen atoms in total. The third kappa shape index (κ3) is 2.67. The minimum Gasteiger partial charge on any atom is -0.324 e. The van der Waals surface area contributed by atoms with Crippen molar-refractivity contribution in [2.24, 2.45) is 5.92 Å². The Morgan fingerprint density at radius 1 is 1.30 bits per heavy atom. The molecule has 2 heterocycles. The summed E-state index contributed by atoms with van der Waals surface area (Å²) in [7, 11) is 0. The number of nitrogens with one attached hydrogen (secondary N) is 2. The van der Waals surface area contributed by atoms with Crippen LogP contribution in [-0.4, -0.2) is 39.2 Å². The van der Waals surface area contributed by atoms with E-state index in [-0.39, 0.29) is 11.8 Å². The Bertz CT molecular complexity index is 576. The van der Waals surface area contributed by atoms with Crippen LogP contribution in [-0.2, 0) is 4.79 Å². The van der Waals surface area contributed by atoms with Gasteiger partial charge in [-0.2, -0.15) is 4.68 Å². The zero-order chi connectivity index (χ0) is 13.8. The second kappa shape index (κ2) is 5.79. The molecule has 0 aliphatic carbocycles. The number of benzene rings is 1. The highest BCUT2D eigenvalue weighted by atomic mass is 16.1. The number of hydrogen-bond donors (Lipinski definition) is 2. The molecule has 0 spiro atoms. The fourth-order valence-electron chi connectivity index (χ4n) is 2.37. The van der Waals surface area contributed by atoms with Gasteiger partial charge in [0.1, 0.15) is 6.33 Å². The van der Waals surface area contributed by atoms with E-state index in [1.807, 2.05) is 24.3 Å². The number of carbonyl (C=O) groups is 1. The van der Waals surface area contributed by atoms with Crippen LogP contribution in [0.1, 0.15) is 12.8 Å². The maximum atomic E-state index is 12.3. The van der Waals surface area contributed by atoms with Crippen molar-refractivity contribution in [1.82, 2.24) is 25.5 Å². The predicted molar refractivity (Wildman–Crippen MR) is 73.4 cm³/mol. The lowest BCUT2D eigenvalue weighted by molar-refractivity contribution is -0.120. The number of carbonyl (C=O) groups excluding carboxylic acids is 1. The van der Waals surface area contributed by atoms with E-state index in [0.717, 1.165) is 37.3 Å². The van der Waals surface area contributed by atoms with Gasteiger partial charge in [0.05, 0.1) is 11.4 Å². The zero-order valence-corrected chi connectivity index (χ0v) is 11.0. The zero-order valence-electron chi connectivity index (χ0n) is 11.0. The SMILES string of the molecule is O=C(Nc1ccccc1-n1cnnn1)C1CCNCC1. The van der Waals surface area contributed by atoms with Crippen molar-refractivity contribution in [2.45, 2.75) is 12.8 Å². The van der Waals surface area contributed by atoms with E-state index in [1.54, 1.807) is 0 Å². The lowest BCUT2D eigenvalue weighted by Crippen LogP contribution is -2.34. The molecule has 0 saturated carbocycles. The number of piperidine rings is 1. The third-order valence-electron chi connectivity index (χ3n) is 3.47. The fraction of sp³-hybridized carbons (Fsp3) is 0.385. The minimum atomic E-state index is 0.0621. The Balaban J connectivity index is 1.79. The summed E-state index contributed by atoms with van der Waals surface area (Å²) in [4.78, 5) is 12.3. The molecule has 7 heteroatoms. The van der Waals surface area contributed by atoms with Crippen LogP contribution in [0.3, 0.4) is 0 Å². The topological polar surface area (TPSA) is 84.7 Å².